The number of carboxylic acids is 1. The number of nitrogens with zero attached hydrogens (tertiary/aromatic N) is 1. The standard InChI is InChI=1S/C14H15NO5S/c1-8(16)21-7-9-4-13(18)15(6-9)10-2-3-11(14(19)20)12(17)5-10/h2-3,5,9,17H,4,6-7H2,1H3,(H,19,20). The third-order valence-electron chi connectivity index (χ3n) is 3.25. The third kappa shape index (κ3) is 3.55. The predicted octanol–water partition coefficient (Wildman–Crippen LogP) is 1.72. The van der Waals surface area contributed by atoms with E-state index in [9.17, 15) is 19.5 Å². The van der Waals surface area contributed by atoms with E-state index in [1.54, 1.807) is 0 Å². The van der Waals surface area contributed by atoms with Crippen molar-refractivity contribution in [3.63, 3.8) is 0 Å². The number of carbonyl (C=O) groups is 3. The second kappa shape index (κ2) is 6.17. The molecule has 112 valence electrons. The molecule has 6 nitrogen and oxygen atoms in total. The highest BCUT2D eigenvalue weighted by Gasteiger charge is 2.31. The number of phenols is 1. The summed E-state index contributed by atoms with van der Waals surface area (Å²) in [7, 11) is 0. The van der Waals surface area contributed by atoms with Crippen molar-refractivity contribution in [2.75, 3.05) is 17.2 Å². The zero-order valence-corrected chi connectivity index (χ0v) is 12.2. The summed E-state index contributed by atoms with van der Waals surface area (Å²) in [6, 6.07) is 4.06. The molecule has 1 heterocycles. The van der Waals surface area contributed by atoms with Gasteiger partial charge in [0.25, 0.3) is 0 Å². The van der Waals surface area contributed by atoms with Crippen LogP contribution in [0.4, 0.5) is 5.69 Å². The second-order valence-electron chi connectivity index (χ2n) is 4.88. The zero-order valence-electron chi connectivity index (χ0n) is 11.4. The lowest BCUT2D eigenvalue weighted by atomic mass is 10.1. The van der Waals surface area contributed by atoms with Gasteiger partial charge >= 0.3 is 5.97 Å². The first-order valence-corrected chi connectivity index (χ1v) is 7.37. The number of carbonyl (C=O) groups excluding carboxylic acids is 2. The molecule has 2 rings (SSSR count). The van der Waals surface area contributed by atoms with E-state index in [0.717, 1.165) is 0 Å². The van der Waals surface area contributed by atoms with E-state index in [2.05, 4.69) is 0 Å². The number of aromatic hydroxyl groups is 1. The molecule has 2 N–H and O–H groups in total. The van der Waals surface area contributed by atoms with Crippen LogP contribution < -0.4 is 4.90 Å². The first kappa shape index (κ1) is 15.4. The third-order valence-corrected chi connectivity index (χ3v) is 4.30. The number of hydrogen-bond acceptors (Lipinski definition) is 5. The van der Waals surface area contributed by atoms with Crippen LogP contribution >= 0.6 is 11.8 Å². The minimum Gasteiger partial charge on any atom is -0.507 e. The Morgan fingerprint density at radius 3 is 2.71 bits per heavy atom. The summed E-state index contributed by atoms with van der Waals surface area (Å²) < 4.78 is 0. The fourth-order valence-corrected chi connectivity index (χ4v) is 2.94. The lowest BCUT2D eigenvalue weighted by Gasteiger charge is -2.17. The molecule has 1 aromatic carbocycles. The molecular formula is C14H15NO5S. The van der Waals surface area contributed by atoms with Crippen molar-refractivity contribution in [3.8, 4) is 5.75 Å². The number of amides is 1. The van der Waals surface area contributed by atoms with Gasteiger partial charge in [-0.3, -0.25) is 9.59 Å². The molecule has 1 aliphatic rings. The van der Waals surface area contributed by atoms with Gasteiger partial charge in [-0.05, 0) is 18.1 Å². The maximum atomic E-state index is 12.0. The van der Waals surface area contributed by atoms with E-state index in [1.807, 2.05) is 0 Å². The Hall–Kier alpha value is -2.02. The Labute approximate surface area is 125 Å². The Balaban J connectivity index is 2.12. The average Bonchev–Trinajstić information content (AvgIpc) is 2.77. The van der Waals surface area contributed by atoms with Crippen LogP contribution in [-0.2, 0) is 9.59 Å². The Morgan fingerprint density at radius 1 is 1.43 bits per heavy atom. The van der Waals surface area contributed by atoms with Crippen LogP contribution in [0.3, 0.4) is 0 Å². The molecule has 0 aliphatic carbocycles. The van der Waals surface area contributed by atoms with Crippen molar-refractivity contribution in [1.82, 2.24) is 0 Å². The summed E-state index contributed by atoms with van der Waals surface area (Å²) in [5.41, 5.74) is 0.270. The molecule has 7 heteroatoms. The maximum absolute atomic E-state index is 12.0. The van der Waals surface area contributed by atoms with Gasteiger partial charge in [0.2, 0.25) is 5.91 Å². The van der Waals surface area contributed by atoms with Gasteiger partial charge in [0.15, 0.2) is 5.12 Å². The number of carboxylic acid groups (broad SMARTS) is 1. The molecule has 1 aliphatic heterocycles. The van der Waals surface area contributed by atoms with Gasteiger partial charge in [-0.2, -0.15) is 0 Å². The van der Waals surface area contributed by atoms with Gasteiger partial charge in [0.05, 0.1) is 0 Å². The Kier molecular flexibility index (Phi) is 4.52. The van der Waals surface area contributed by atoms with E-state index in [-0.39, 0.29) is 28.3 Å². The molecule has 0 saturated carbocycles. The molecule has 0 aromatic heterocycles. The fourth-order valence-electron chi connectivity index (χ4n) is 2.25. The van der Waals surface area contributed by atoms with Crippen molar-refractivity contribution < 1.29 is 24.6 Å². The van der Waals surface area contributed by atoms with E-state index in [1.165, 1.54) is 41.8 Å². The number of benzene rings is 1. The second-order valence-corrected chi connectivity index (χ2v) is 6.08. The topological polar surface area (TPSA) is 94.9 Å². The normalized spacial score (nSPS) is 18.0. The molecule has 0 bridgehead atoms. The highest BCUT2D eigenvalue weighted by molar-refractivity contribution is 8.13. The number of hydrogen-bond donors (Lipinski definition) is 2. The largest absolute Gasteiger partial charge is 0.507 e. The van der Waals surface area contributed by atoms with Crippen LogP contribution in [0.5, 0.6) is 5.75 Å². The number of rotatable bonds is 4. The van der Waals surface area contributed by atoms with Crippen LogP contribution in [0.1, 0.15) is 23.7 Å². The minimum atomic E-state index is -1.22. The molecule has 1 saturated heterocycles. The van der Waals surface area contributed by atoms with E-state index < -0.39 is 5.97 Å². The molecule has 0 spiro atoms. The summed E-state index contributed by atoms with van der Waals surface area (Å²) in [5, 5.41) is 18.6. The van der Waals surface area contributed by atoms with Crippen LogP contribution in [0.15, 0.2) is 18.2 Å². The van der Waals surface area contributed by atoms with Crippen LogP contribution in [0, 0.1) is 5.92 Å². The molecule has 0 radical (unpaired) electrons. The lowest BCUT2D eigenvalue weighted by Crippen LogP contribution is -2.24. The van der Waals surface area contributed by atoms with E-state index >= 15 is 0 Å². The zero-order chi connectivity index (χ0) is 15.6. The summed E-state index contributed by atoms with van der Waals surface area (Å²) in [5.74, 6) is -1.02. The fraction of sp³-hybridized carbons (Fsp3) is 0.357. The average molecular weight is 309 g/mol. The molecule has 1 amide bonds. The Bertz CT molecular complexity index is 601. The molecule has 1 atom stereocenters. The first-order chi connectivity index (χ1) is 9.88. The van der Waals surface area contributed by atoms with Crippen LogP contribution in [-0.4, -0.2) is 39.5 Å². The van der Waals surface area contributed by atoms with Crippen LogP contribution in [0.2, 0.25) is 0 Å². The molecule has 1 unspecified atom stereocenters. The monoisotopic (exact) mass is 309 g/mol. The number of thioether (sulfide) groups is 1. The van der Waals surface area contributed by atoms with E-state index in [4.69, 9.17) is 5.11 Å². The predicted molar refractivity (Wildman–Crippen MR) is 78.7 cm³/mol. The molecule has 21 heavy (non-hydrogen) atoms. The summed E-state index contributed by atoms with van der Waals surface area (Å²) in [6.45, 7) is 1.95. The van der Waals surface area contributed by atoms with Crippen molar-refractivity contribution in [2.45, 2.75) is 13.3 Å². The summed E-state index contributed by atoms with van der Waals surface area (Å²) >= 11 is 1.19. The maximum Gasteiger partial charge on any atom is 0.339 e. The lowest BCUT2D eigenvalue weighted by molar-refractivity contribution is -0.117. The van der Waals surface area contributed by atoms with Crippen molar-refractivity contribution in [1.29, 1.82) is 0 Å². The SMILES string of the molecule is CC(=O)SCC1CC(=O)N(c2ccc(C(=O)O)c(O)c2)C1. The minimum absolute atomic E-state index is 0.0179. The van der Waals surface area contributed by atoms with Gasteiger partial charge in [0, 0.05) is 37.4 Å². The van der Waals surface area contributed by atoms with Crippen molar-refractivity contribution in [2.24, 2.45) is 5.92 Å². The first-order valence-electron chi connectivity index (χ1n) is 6.38. The van der Waals surface area contributed by atoms with Gasteiger partial charge in [-0.1, -0.05) is 11.8 Å². The van der Waals surface area contributed by atoms with E-state index in [0.29, 0.717) is 24.4 Å². The molecule has 1 aromatic rings. The highest BCUT2D eigenvalue weighted by atomic mass is 32.2. The Morgan fingerprint density at radius 2 is 2.14 bits per heavy atom. The van der Waals surface area contributed by atoms with Gasteiger partial charge < -0.3 is 15.1 Å². The van der Waals surface area contributed by atoms with Gasteiger partial charge in [0.1, 0.15) is 11.3 Å². The van der Waals surface area contributed by atoms with Gasteiger partial charge in [-0.15, -0.1) is 0 Å². The van der Waals surface area contributed by atoms with Crippen LogP contribution in [0.25, 0.3) is 0 Å². The number of anilines is 1. The van der Waals surface area contributed by atoms with Gasteiger partial charge in [-0.25, -0.2) is 4.79 Å². The highest BCUT2D eigenvalue weighted by Crippen LogP contribution is 2.30. The summed E-state index contributed by atoms with van der Waals surface area (Å²) in [4.78, 5) is 35.3. The number of aromatic carboxylic acids is 1. The quantitative estimate of drug-likeness (QED) is 0.879. The van der Waals surface area contributed by atoms with Crippen molar-refractivity contribution >= 4 is 34.4 Å². The molecule has 1 fully saturated rings. The molecular weight excluding hydrogens is 294 g/mol. The summed E-state index contributed by atoms with van der Waals surface area (Å²) in [6.07, 6.45) is 0.349. The van der Waals surface area contributed by atoms with Crippen molar-refractivity contribution in [3.05, 3.63) is 23.8 Å². The smallest absolute Gasteiger partial charge is 0.339 e.